The number of nitrogens with one attached hydrogen (secondary N) is 1. The van der Waals surface area contributed by atoms with Crippen LogP contribution < -0.4 is 10.9 Å². The van der Waals surface area contributed by atoms with Crippen molar-refractivity contribution in [3.63, 3.8) is 0 Å². The van der Waals surface area contributed by atoms with Gasteiger partial charge in [0.1, 0.15) is 4.47 Å². The standard InChI is InChI=1S/C13H21BrN4O/c1-9(17(2)3)6-15-11-7-16-18(8-10-4-5-10)13(19)12(11)14/h7,9-10,15H,4-6,8H2,1-3H3. The largest absolute Gasteiger partial charge is 0.381 e. The molecule has 1 aliphatic rings. The molecule has 0 amide bonds. The molecular weight excluding hydrogens is 308 g/mol. The average molecular weight is 329 g/mol. The molecule has 1 atom stereocenters. The highest BCUT2D eigenvalue weighted by atomic mass is 79.9. The molecule has 0 aromatic carbocycles. The molecule has 5 nitrogen and oxygen atoms in total. The number of aromatic nitrogens is 2. The fourth-order valence-corrected chi connectivity index (χ4v) is 2.15. The zero-order chi connectivity index (χ0) is 14.0. The van der Waals surface area contributed by atoms with Gasteiger partial charge in [-0.1, -0.05) is 0 Å². The molecule has 0 bridgehead atoms. The van der Waals surface area contributed by atoms with Crippen LogP contribution in [0, 0.1) is 5.92 Å². The predicted octanol–water partition coefficient (Wildman–Crippen LogP) is 1.78. The zero-order valence-corrected chi connectivity index (χ0v) is 13.3. The Morgan fingerprint density at radius 2 is 2.26 bits per heavy atom. The molecule has 0 spiro atoms. The lowest BCUT2D eigenvalue weighted by molar-refractivity contribution is 0.326. The van der Waals surface area contributed by atoms with Gasteiger partial charge in [-0.2, -0.15) is 5.10 Å². The zero-order valence-electron chi connectivity index (χ0n) is 11.7. The van der Waals surface area contributed by atoms with E-state index in [0.717, 1.165) is 18.8 Å². The van der Waals surface area contributed by atoms with E-state index in [0.29, 0.717) is 16.4 Å². The van der Waals surface area contributed by atoms with Gasteiger partial charge in [0, 0.05) is 19.1 Å². The second-order valence-corrected chi connectivity index (χ2v) is 6.29. The van der Waals surface area contributed by atoms with E-state index in [1.807, 2.05) is 14.1 Å². The fourth-order valence-electron chi connectivity index (χ4n) is 1.70. The van der Waals surface area contributed by atoms with E-state index in [2.05, 4.69) is 38.2 Å². The summed E-state index contributed by atoms with van der Waals surface area (Å²) >= 11 is 3.38. The topological polar surface area (TPSA) is 50.2 Å². The second kappa shape index (κ2) is 6.05. The van der Waals surface area contributed by atoms with Crippen LogP contribution in [0.25, 0.3) is 0 Å². The molecule has 19 heavy (non-hydrogen) atoms. The van der Waals surface area contributed by atoms with Gasteiger partial charge in [-0.05, 0) is 55.7 Å². The van der Waals surface area contributed by atoms with Crippen molar-refractivity contribution >= 4 is 21.6 Å². The minimum Gasteiger partial charge on any atom is -0.381 e. The Labute approximate surface area is 122 Å². The van der Waals surface area contributed by atoms with E-state index in [4.69, 9.17) is 0 Å². The van der Waals surface area contributed by atoms with Crippen LogP contribution in [-0.4, -0.2) is 41.4 Å². The molecule has 106 valence electrons. The van der Waals surface area contributed by atoms with E-state index < -0.39 is 0 Å². The summed E-state index contributed by atoms with van der Waals surface area (Å²) in [5.74, 6) is 0.643. The van der Waals surface area contributed by atoms with Crippen molar-refractivity contribution in [2.75, 3.05) is 26.0 Å². The summed E-state index contributed by atoms with van der Waals surface area (Å²) in [4.78, 5) is 14.3. The summed E-state index contributed by atoms with van der Waals surface area (Å²) in [6, 6.07) is 0.390. The van der Waals surface area contributed by atoms with E-state index in [1.54, 1.807) is 10.9 Å². The van der Waals surface area contributed by atoms with Gasteiger partial charge in [0.05, 0.1) is 11.9 Å². The molecule has 1 aliphatic carbocycles. The Bertz CT molecular complexity index is 496. The SMILES string of the molecule is CC(CNc1cnn(CC2CC2)c(=O)c1Br)N(C)C. The molecular formula is C13H21BrN4O. The maximum absolute atomic E-state index is 12.1. The van der Waals surface area contributed by atoms with Crippen LogP contribution in [0.2, 0.25) is 0 Å². The molecule has 1 N–H and O–H groups in total. The summed E-state index contributed by atoms with van der Waals surface area (Å²) < 4.78 is 2.14. The van der Waals surface area contributed by atoms with Crippen molar-refractivity contribution in [1.29, 1.82) is 0 Å². The third kappa shape index (κ3) is 3.79. The summed E-state index contributed by atoms with van der Waals surface area (Å²) in [7, 11) is 4.07. The summed E-state index contributed by atoms with van der Waals surface area (Å²) in [5.41, 5.74) is 0.722. The van der Waals surface area contributed by atoms with Gasteiger partial charge in [0.25, 0.3) is 5.56 Å². The van der Waals surface area contributed by atoms with Crippen LogP contribution >= 0.6 is 15.9 Å². The lowest BCUT2D eigenvalue weighted by atomic mass is 10.3. The predicted molar refractivity (Wildman–Crippen MR) is 80.6 cm³/mol. The minimum absolute atomic E-state index is 0.0468. The Hall–Kier alpha value is -0.880. The van der Waals surface area contributed by atoms with Crippen LogP contribution in [-0.2, 0) is 6.54 Å². The van der Waals surface area contributed by atoms with Gasteiger partial charge in [0.2, 0.25) is 0 Å². The summed E-state index contributed by atoms with van der Waals surface area (Å²) in [6.07, 6.45) is 4.16. The van der Waals surface area contributed by atoms with Crippen LogP contribution in [0.3, 0.4) is 0 Å². The van der Waals surface area contributed by atoms with Crippen molar-refractivity contribution in [1.82, 2.24) is 14.7 Å². The number of nitrogens with zero attached hydrogens (tertiary/aromatic N) is 3. The van der Waals surface area contributed by atoms with Crippen molar-refractivity contribution < 1.29 is 0 Å². The highest BCUT2D eigenvalue weighted by Crippen LogP contribution is 2.30. The first-order chi connectivity index (χ1) is 8.99. The lowest BCUT2D eigenvalue weighted by Gasteiger charge is -2.21. The van der Waals surface area contributed by atoms with Crippen molar-refractivity contribution in [2.24, 2.45) is 5.92 Å². The lowest BCUT2D eigenvalue weighted by Crippen LogP contribution is -2.32. The van der Waals surface area contributed by atoms with E-state index in [9.17, 15) is 4.79 Å². The first-order valence-corrected chi connectivity index (χ1v) is 7.44. The number of likely N-dealkylation sites (N-methyl/N-ethyl adjacent to an activating group) is 1. The van der Waals surface area contributed by atoms with E-state index in [-0.39, 0.29) is 5.56 Å². The molecule has 0 radical (unpaired) electrons. The molecule has 1 saturated carbocycles. The van der Waals surface area contributed by atoms with Crippen molar-refractivity contribution in [2.45, 2.75) is 32.4 Å². The summed E-state index contributed by atoms with van der Waals surface area (Å²) in [5, 5.41) is 7.51. The first kappa shape index (κ1) is 14.5. The number of anilines is 1. The van der Waals surface area contributed by atoms with Crippen LogP contribution in [0.4, 0.5) is 5.69 Å². The molecule has 6 heteroatoms. The van der Waals surface area contributed by atoms with Gasteiger partial charge < -0.3 is 10.2 Å². The van der Waals surface area contributed by atoms with E-state index >= 15 is 0 Å². The first-order valence-electron chi connectivity index (χ1n) is 6.65. The molecule has 1 heterocycles. The number of hydrogen-bond acceptors (Lipinski definition) is 4. The monoisotopic (exact) mass is 328 g/mol. The minimum atomic E-state index is -0.0468. The normalized spacial score (nSPS) is 16.7. The number of rotatable bonds is 6. The Morgan fingerprint density at radius 3 is 2.84 bits per heavy atom. The van der Waals surface area contributed by atoms with Crippen LogP contribution in [0.5, 0.6) is 0 Å². The maximum atomic E-state index is 12.1. The quantitative estimate of drug-likeness (QED) is 0.864. The Morgan fingerprint density at radius 1 is 1.58 bits per heavy atom. The van der Waals surface area contributed by atoms with Gasteiger partial charge in [-0.3, -0.25) is 4.79 Å². The van der Waals surface area contributed by atoms with Crippen molar-refractivity contribution in [3.05, 3.63) is 21.0 Å². The molecule has 0 saturated heterocycles. The molecule has 1 aromatic heterocycles. The smallest absolute Gasteiger partial charge is 0.283 e. The number of hydrogen-bond donors (Lipinski definition) is 1. The van der Waals surface area contributed by atoms with Crippen LogP contribution in [0.15, 0.2) is 15.5 Å². The van der Waals surface area contributed by atoms with Gasteiger partial charge in [-0.25, -0.2) is 4.68 Å². The van der Waals surface area contributed by atoms with Gasteiger partial charge >= 0.3 is 0 Å². The third-order valence-corrected chi connectivity index (χ3v) is 4.35. The average Bonchev–Trinajstić information content (AvgIpc) is 3.17. The van der Waals surface area contributed by atoms with Crippen LogP contribution in [0.1, 0.15) is 19.8 Å². The van der Waals surface area contributed by atoms with E-state index in [1.165, 1.54) is 12.8 Å². The second-order valence-electron chi connectivity index (χ2n) is 5.50. The Kier molecular flexibility index (Phi) is 4.62. The summed E-state index contributed by atoms with van der Waals surface area (Å²) in [6.45, 7) is 3.65. The molecule has 1 aromatic rings. The van der Waals surface area contributed by atoms with Gasteiger partial charge in [-0.15, -0.1) is 0 Å². The molecule has 1 fully saturated rings. The fraction of sp³-hybridized carbons (Fsp3) is 0.692. The highest BCUT2D eigenvalue weighted by Gasteiger charge is 2.23. The van der Waals surface area contributed by atoms with Crippen molar-refractivity contribution in [3.8, 4) is 0 Å². The highest BCUT2D eigenvalue weighted by molar-refractivity contribution is 9.10. The third-order valence-electron chi connectivity index (χ3n) is 3.58. The van der Waals surface area contributed by atoms with Gasteiger partial charge in [0.15, 0.2) is 0 Å². The maximum Gasteiger partial charge on any atom is 0.283 e. The molecule has 0 aliphatic heterocycles. The Balaban J connectivity index is 2.05. The number of halogens is 1. The molecule has 2 rings (SSSR count). The molecule has 1 unspecified atom stereocenters.